The zero-order valence-electron chi connectivity index (χ0n) is 7.64. The molecule has 1 aromatic carbocycles. The summed E-state index contributed by atoms with van der Waals surface area (Å²) in [4.78, 5) is 11.1. The van der Waals surface area contributed by atoms with Crippen molar-refractivity contribution in [3.8, 4) is 0 Å². The van der Waals surface area contributed by atoms with Crippen LogP contribution in [0.5, 0.6) is 0 Å². The van der Waals surface area contributed by atoms with Gasteiger partial charge in [0.25, 0.3) is 0 Å². The first-order valence-electron chi connectivity index (χ1n) is 3.82. The minimum atomic E-state index is -0.814. The van der Waals surface area contributed by atoms with Crippen molar-refractivity contribution in [3.05, 3.63) is 35.9 Å². The lowest BCUT2D eigenvalue weighted by Crippen LogP contribution is -2.26. The van der Waals surface area contributed by atoms with Crippen LogP contribution in [0.25, 0.3) is 0 Å². The molecule has 0 aliphatic rings. The van der Waals surface area contributed by atoms with Crippen molar-refractivity contribution in [2.24, 2.45) is 0 Å². The van der Waals surface area contributed by atoms with E-state index in [1.165, 1.54) is 7.11 Å². The third kappa shape index (κ3) is 2.99. The van der Waals surface area contributed by atoms with Crippen LogP contribution in [0.2, 0.25) is 0 Å². The Bertz CT molecular complexity index is 279. The zero-order chi connectivity index (χ0) is 9.68. The Labute approximate surface area is 88.3 Å². The Morgan fingerprint density at radius 1 is 1.43 bits per heavy atom. The highest BCUT2D eigenvalue weighted by atomic mass is 35.5. The second-order valence-corrected chi connectivity index (χ2v) is 2.50. The summed E-state index contributed by atoms with van der Waals surface area (Å²) < 4.78 is 4.50. The van der Waals surface area contributed by atoms with Gasteiger partial charge < -0.3 is 9.94 Å². The van der Waals surface area contributed by atoms with Gasteiger partial charge in [0.05, 0.1) is 7.11 Å². The fourth-order valence-electron chi connectivity index (χ4n) is 1.03. The van der Waals surface area contributed by atoms with Gasteiger partial charge in [0.2, 0.25) is 0 Å². The van der Waals surface area contributed by atoms with Crippen molar-refractivity contribution in [2.45, 2.75) is 6.04 Å². The van der Waals surface area contributed by atoms with Crippen LogP contribution >= 0.6 is 12.4 Å². The summed E-state index contributed by atoms with van der Waals surface area (Å²) in [5.74, 6) is -0.520. The number of hydroxylamine groups is 1. The van der Waals surface area contributed by atoms with E-state index in [2.05, 4.69) is 4.74 Å². The number of ether oxygens (including phenoxy) is 1. The molecule has 1 rings (SSSR count). The molecule has 1 aromatic rings. The van der Waals surface area contributed by atoms with Gasteiger partial charge in [0, 0.05) is 0 Å². The van der Waals surface area contributed by atoms with Crippen molar-refractivity contribution in [1.29, 1.82) is 0 Å². The highest BCUT2D eigenvalue weighted by molar-refractivity contribution is 5.85. The highest BCUT2D eigenvalue weighted by Crippen LogP contribution is 2.12. The molecule has 0 aromatic heterocycles. The van der Waals surface area contributed by atoms with E-state index >= 15 is 0 Å². The molecule has 0 amide bonds. The molecule has 0 bridgehead atoms. The Morgan fingerprint density at radius 2 is 2.00 bits per heavy atom. The first kappa shape index (κ1) is 12.9. The second-order valence-electron chi connectivity index (χ2n) is 2.50. The van der Waals surface area contributed by atoms with E-state index in [-0.39, 0.29) is 12.4 Å². The second kappa shape index (κ2) is 6.37. The Hall–Kier alpha value is -1.10. The van der Waals surface area contributed by atoms with Crippen molar-refractivity contribution >= 4 is 18.4 Å². The van der Waals surface area contributed by atoms with Gasteiger partial charge in [-0.15, -0.1) is 12.4 Å². The van der Waals surface area contributed by atoms with Gasteiger partial charge in [-0.3, -0.25) is 0 Å². The third-order valence-electron chi connectivity index (χ3n) is 1.70. The normalized spacial score (nSPS) is 11.3. The molecule has 5 heteroatoms. The monoisotopic (exact) mass is 217 g/mol. The van der Waals surface area contributed by atoms with Gasteiger partial charge in [-0.25, -0.2) is 4.79 Å². The molecule has 0 heterocycles. The number of nitrogens with one attached hydrogen (secondary N) is 1. The number of carbonyl (C=O) groups is 1. The summed E-state index contributed by atoms with van der Waals surface area (Å²) in [7, 11) is 1.27. The molecule has 1 atom stereocenters. The van der Waals surface area contributed by atoms with Crippen LogP contribution in [0.1, 0.15) is 11.6 Å². The van der Waals surface area contributed by atoms with Crippen molar-refractivity contribution in [2.75, 3.05) is 7.11 Å². The molecule has 0 fully saturated rings. The smallest absolute Gasteiger partial charge is 0.329 e. The Morgan fingerprint density at radius 3 is 2.43 bits per heavy atom. The largest absolute Gasteiger partial charge is 0.468 e. The maximum Gasteiger partial charge on any atom is 0.329 e. The lowest BCUT2D eigenvalue weighted by Gasteiger charge is -2.11. The van der Waals surface area contributed by atoms with Crippen LogP contribution in [-0.2, 0) is 9.53 Å². The number of methoxy groups -OCH3 is 1. The predicted octanol–water partition coefficient (Wildman–Crippen LogP) is 1.30. The molecule has 0 aliphatic heterocycles. The fraction of sp³-hybridized carbons (Fsp3) is 0.222. The van der Waals surface area contributed by atoms with Gasteiger partial charge in [0.1, 0.15) is 0 Å². The average molecular weight is 218 g/mol. The topological polar surface area (TPSA) is 58.6 Å². The maximum absolute atomic E-state index is 11.1. The van der Waals surface area contributed by atoms with E-state index in [4.69, 9.17) is 5.21 Å². The molecular weight excluding hydrogens is 206 g/mol. The lowest BCUT2D eigenvalue weighted by molar-refractivity contribution is -0.146. The van der Waals surface area contributed by atoms with Crippen LogP contribution < -0.4 is 5.48 Å². The van der Waals surface area contributed by atoms with Crippen molar-refractivity contribution in [3.63, 3.8) is 0 Å². The standard InChI is InChI=1S/C9H11NO3.ClH/c1-13-9(11)8(10-12)7-5-3-2-4-6-7;/h2-6,8,10,12H,1H3;1H. The molecule has 78 valence electrons. The van der Waals surface area contributed by atoms with Gasteiger partial charge in [-0.05, 0) is 5.56 Å². The summed E-state index contributed by atoms with van der Waals surface area (Å²) in [6.07, 6.45) is 0. The van der Waals surface area contributed by atoms with Crippen LogP contribution in [0.15, 0.2) is 30.3 Å². The lowest BCUT2D eigenvalue weighted by atomic mass is 10.1. The van der Waals surface area contributed by atoms with Crippen LogP contribution in [0.4, 0.5) is 0 Å². The van der Waals surface area contributed by atoms with E-state index in [1.54, 1.807) is 24.3 Å². The molecule has 2 N–H and O–H groups in total. The first-order chi connectivity index (χ1) is 6.29. The van der Waals surface area contributed by atoms with Crippen LogP contribution in [0.3, 0.4) is 0 Å². The number of carbonyl (C=O) groups excluding carboxylic acids is 1. The Balaban J connectivity index is 0.00000169. The number of hydrogen-bond donors (Lipinski definition) is 2. The van der Waals surface area contributed by atoms with E-state index in [1.807, 2.05) is 11.5 Å². The minimum absolute atomic E-state index is 0. The van der Waals surface area contributed by atoms with Crippen molar-refractivity contribution in [1.82, 2.24) is 5.48 Å². The molecule has 0 radical (unpaired) electrons. The first-order valence-corrected chi connectivity index (χ1v) is 3.82. The van der Waals surface area contributed by atoms with Gasteiger partial charge in [0.15, 0.2) is 6.04 Å². The molecule has 0 aliphatic carbocycles. The summed E-state index contributed by atoms with van der Waals surface area (Å²) in [6.45, 7) is 0. The Kier molecular flexibility index (Phi) is 5.87. The zero-order valence-corrected chi connectivity index (χ0v) is 8.45. The van der Waals surface area contributed by atoms with E-state index < -0.39 is 12.0 Å². The number of halogens is 1. The predicted molar refractivity (Wildman–Crippen MR) is 53.4 cm³/mol. The number of rotatable bonds is 3. The van der Waals surface area contributed by atoms with Gasteiger partial charge in [-0.2, -0.15) is 5.48 Å². The van der Waals surface area contributed by atoms with Crippen LogP contribution in [0, 0.1) is 0 Å². The molecule has 1 unspecified atom stereocenters. The number of benzene rings is 1. The minimum Gasteiger partial charge on any atom is -0.468 e. The molecule has 14 heavy (non-hydrogen) atoms. The third-order valence-corrected chi connectivity index (χ3v) is 1.70. The quantitative estimate of drug-likeness (QED) is 0.592. The molecule has 4 nitrogen and oxygen atoms in total. The number of esters is 1. The fourth-order valence-corrected chi connectivity index (χ4v) is 1.03. The maximum atomic E-state index is 11.1. The summed E-state index contributed by atoms with van der Waals surface area (Å²) in [5, 5.41) is 8.73. The summed E-state index contributed by atoms with van der Waals surface area (Å²) in [5.41, 5.74) is 2.56. The molecular formula is C9H12ClNO3. The molecule has 0 saturated heterocycles. The highest BCUT2D eigenvalue weighted by Gasteiger charge is 2.19. The summed E-state index contributed by atoms with van der Waals surface area (Å²) in [6, 6.07) is 8.03. The molecule has 0 spiro atoms. The number of hydrogen-bond acceptors (Lipinski definition) is 4. The van der Waals surface area contributed by atoms with Gasteiger partial charge in [-0.1, -0.05) is 30.3 Å². The average Bonchev–Trinajstić information content (AvgIpc) is 2.20. The summed E-state index contributed by atoms with van der Waals surface area (Å²) >= 11 is 0. The van der Waals surface area contributed by atoms with Gasteiger partial charge >= 0.3 is 5.97 Å². The van der Waals surface area contributed by atoms with Crippen LogP contribution in [-0.4, -0.2) is 18.3 Å². The van der Waals surface area contributed by atoms with E-state index in [0.29, 0.717) is 5.56 Å². The van der Waals surface area contributed by atoms with E-state index in [0.717, 1.165) is 0 Å². The van der Waals surface area contributed by atoms with E-state index in [9.17, 15) is 4.79 Å². The molecule has 0 saturated carbocycles. The SMILES string of the molecule is COC(=O)C(NO)c1ccccc1.Cl. The van der Waals surface area contributed by atoms with Crippen molar-refractivity contribution < 1.29 is 14.7 Å².